The number of amides is 1. The lowest BCUT2D eigenvalue weighted by molar-refractivity contribution is -0.121. The lowest BCUT2D eigenvalue weighted by Gasteiger charge is -2.07. The predicted molar refractivity (Wildman–Crippen MR) is 87.2 cm³/mol. The van der Waals surface area contributed by atoms with Crippen LogP contribution in [0.5, 0.6) is 0 Å². The van der Waals surface area contributed by atoms with Gasteiger partial charge in [-0.3, -0.25) is 19.1 Å². The number of nitrogens with one attached hydrogen (secondary N) is 1. The molecule has 3 aromatic heterocycles. The maximum absolute atomic E-state index is 12.4. The second-order valence-corrected chi connectivity index (χ2v) is 5.30. The fraction of sp³-hybridized carbons (Fsp3) is 0.250. The number of hydrogen-bond donors (Lipinski definition) is 1. The van der Waals surface area contributed by atoms with Crippen molar-refractivity contribution in [1.29, 1.82) is 0 Å². The minimum absolute atomic E-state index is 0.115. The van der Waals surface area contributed by atoms with Gasteiger partial charge in [-0.1, -0.05) is 11.2 Å². The third-order valence-corrected chi connectivity index (χ3v) is 3.43. The van der Waals surface area contributed by atoms with E-state index in [0.29, 0.717) is 12.4 Å². The molecule has 1 amide bonds. The minimum atomic E-state index is -0.337. The van der Waals surface area contributed by atoms with Gasteiger partial charge in [0.15, 0.2) is 5.82 Å². The summed E-state index contributed by atoms with van der Waals surface area (Å²) in [5.41, 5.74) is 0.636. The highest BCUT2D eigenvalue weighted by Gasteiger charge is 2.13. The number of aromatic nitrogens is 5. The maximum Gasteiger partial charge on any atom is 0.266 e. The Hall–Kier alpha value is -3.36. The molecule has 0 saturated carbocycles. The largest absolute Gasteiger partial charge is 0.350 e. The van der Waals surface area contributed by atoms with Gasteiger partial charge in [0.05, 0.1) is 18.6 Å². The summed E-state index contributed by atoms with van der Waals surface area (Å²) in [6.45, 7) is 2.20. The summed E-state index contributed by atoms with van der Waals surface area (Å²) >= 11 is 0. The Labute approximate surface area is 142 Å². The topological polar surface area (TPSA) is 116 Å². The van der Waals surface area contributed by atoms with E-state index in [1.807, 2.05) is 18.2 Å². The highest BCUT2D eigenvalue weighted by atomic mass is 16.5. The van der Waals surface area contributed by atoms with E-state index in [2.05, 4.69) is 25.4 Å². The fourth-order valence-corrected chi connectivity index (χ4v) is 2.17. The van der Waals surface area contributed by atoms with Crippen molar-refractivity contribution in [1.82, 2.24) is 30.0 Å². The third-order valence-electron chi connectivity index (χ3n) is 3.43. The average molecular weight is 340 g/mol. The molecule has 3 aromatic rings. The van der Waals surface area contributed by atoms with E-state index < -0.39 is 0 Å². The van der Waals surface area contributed by atoms with Crippen LogP contribution in [0, 0.1) is 6.92 Å². The monoisotopic (exact) mass is 340 g/mol. The van der Waals surface area contributed by atoms with Gasteiger partial charge in [-0.15, -0.1) is 0 Å². The molecule has 0 aliphatic carbocycles. The minimum Gasteiger partial charge on any atom is -0.350 e. The van der Waals surface area contributed by atoms with Gasteiger partial charge in [0, 0.05) is 25.4 Å². The SMILES string of the molecule is Cc1noc(-c2cncn(CCC(=O)NCc3ccccn3)c2=O)n1. The van der Waals surface area contributed by atoms with Gasteiger partial charge >= 0.3 is 0 Å². The molecule has 128 valence electrons. The van der Waals surface area contributed by atoms with Gasteiger partial charge in [0.1, 0.15) is 5.56 Å². The number of carbonyl (C=O) groups is 1. The summed E-state index contributed by atoms with van der Waals surface area (Å²) < 4.78 is 6.34. The smallest absolute Gasteiger partial charge is 0.266 e. The lowest BCUT2D eigenvalue weighted by atomic mass is 10.3. The van der Waals surface area contributed by atoms with Gasteiger partial charge in [0.2, 0.25) is 5.91 Å². The molecule has 0 saturated heterocycles. The highest BCUT2D eigenvalue weighted by Crippen LogP contribution is 2.10. The Morgan fingerprint density at radius 1 is 1.36 bits per heavy atom. The number of pyridine rings is 1. The van der Waals surface area contributed by atoms with E-state index in [9.17, 15) is 9.59 Å². The fourth-order valence-electron chi connectivity index (χ4n) is 2.17. The molecule has 0 aromatic carbocycles. The molecule has 0 spiro atoms. The molecule has 0 bridgehead atoms. The van der Waals surface area contributed by atoms with Crippen LogP contribution in [0.25, 0.3) is 11.5 Å². The Bertz CT molecular complexity index is 919. The van der Waals surface area contributed by atoms with Crippen LogP contribution in [0.3, 0.4) is 0 Å². The van der Waals surface area contributed by atoms with Crippen LogP contribution in [0.4, 0.5) is 0 Å². The number of aryl methyl sites for hydroxylation is 2. The average Bonchev–Trinajstić information content (AvgIpc) is 3.06. The summed E-state index contributed by atoms with van der Waals surface area (Å²) in [6.07, 6.45) is 4.55. The van der Waals surface area contributed by atoms with Crippen LogP contribution in [-0.2, 0) is 17.9 Å². The lowest BCUT2D eigenvalue weighted by Crippen LogP contribution is -2.28. The number of hydrogen-bond acceptors (Lipinski definition) is 7. The van der Waals surface area contributed by atoms with Gasteiger partial charge in [-0.25, -0.2) is 4.98 Å². The maximum atomic E-state index is 12.4. The molecular weight excluding hydrogens is 324 g/mol. The van der Waals surface area contributed by atoms with Crippen LogP contribution in [0.2, 0.25) is 0 Å². The summed E-state index contributed by atoms with van der Waals surface area (Å²) in [5.74, 6) is 0.360. The van der Waals surface area contributed by atoms with Crippen molar-refractivity contribution in [3.63, 3.8) is 0 Å². The molecule has 0 aliphatic rings. The van der Waals surface area contributed by atoms with Crippen LogP contribution >= 0.6 is 0 Å². The van der Waals surface area contributed by atoms with E-state index in [0.717, 1.165) is 5.69 Å². The van der Waals surface area contributed by atoms with Crippen LogP contribution < -0.4 is 10.9 Å². The Balaban J connectivity index is 1.61. The zero-order chi connectivity index (χ0) is 17.6. The van der Waals surface area contributed by atoms with Crippen molar-refractivity contribution >= 4 is 5.91 Å². The number of carbonyl (C=O) groups excluding carboxylic acids is 1. The van der Waals surface area contributed by atoms with E-state index in [1.165, 1.54) is 17.1 Å². The summed E-state index contributed by atoms with van der Waals surface area (Å²) in [4.78, 5) is 36.5. The van der Waals surface area contributed by atoms with E-state index >= 15 is 0 Å². The second-order valence-electron chi connectivity index (χ2n) is 5.30. The molecule has 25 heavy (non-hydrogen) atoms. The zero-order valence-electron chi connectivity index (χ0n) is 13.5. The molecule has 1 N–H and O–H groups in total. The Morgan fingerprint density at radius 3 is 2.96 bits per heavy atom. The summed E-state index contributed by atoms with van der Waals surface area (Å²) in [6, 6.07) is 5.48. The van der Waals surface area contributed by atoms with Crippen molar-refractivity contribution in [2.75, 3.05) is 0 Å². The quantitative estimate of drug-likeness (QED) is 0.702. The normalized spacial score (nSPS) is 10.6. The van der Waals surface area contributed by atoms with Crippen molar-refractivity contribution < 1.29 is 9.32 Å². The molecule has 0 atom stereocenters. The van der Waals surface area contributed by atoms with Crippen molar-refractivity contribution in [3.8, 4) is 11.5 Å². The number of nitrogens with zero attached hydrogens (tertiary/aromatic N) is 5. The van der Waals surface area contributed by atoms with Gasteiger partial charge in [-0.2, -0.15) is 4.98 Å². The van der Waals surface area contributed by atoms with E-state index in [-0.39, 0.29) is 35.9 Å². The summed E-state index contributed by atoms with van der Waals surface area (Å²) in [7, 11) is 0. The van der Waals surface area contributed by atoms with Crippen molar-refractivity contribution in [2.24, 2.45) is 0 Å². The second kappa shape index (κ2) is 7.47. The molecule has 0 fully saturated rings. The molecule has 0 unspecified atom stereocenters. The standard InChI is InChI=1S/C16H16N6O3/c1-11-20-15(25-21-11)13-9-17-10-22(16(13)24)7-5-14(23)19-8-12-4-2-3-6-18-12/h2-4,6,9-10H,5,7-8H2,1H3,(H,19,23). The van der Waals surface area contributed by atoms with Gasteiger partial charge < -0.3 is 9.84 Å². The van der Waals surface area contributed by atoms with E-state index in [4.69, 9.17) is 4.52 Å². The number of rotatable bonds is 6. The first-order chi connectivity index (χ1) is 12.1. The van der Waals surface area contributed by atoms with Gasteiger partial charge in [0.25, 0.3) is 11.4 Å². The zero-order valence-corrected chi connectivity index (χ0v) is 13.5. The van der Waals surface area contributed by atoms with Crippen LogP contribution in [0.15, 0.2) is 46.2 Å². The molecule has 0 aliphatic heterocycles. The Kier molecular flexibility index (Phi) is 4.93. The van der Waals surface area contributed by atoms with Gasteiger partial charge in [-0.05, 0) is 19.1 Å². The van der Waals surface area contributed by atoms with Crippen LogP contribution in [-0.4, -0.2) is 30.6 Å². The predicted octanol–water partition coefficient (Wildman–Crippen LogP) is 0.703. The van der Waals surface area contributed by atoms with Crippen LogP contribution in [0.1, 0.15) is 17.9 Å². The highest BCUT2D eigenvalue weighted by molar-refractivity contribution is 5.75. The first-order valence-corrected chi connectivity index (χ1v) is 7.65. The van der Waals surface area contributed by atoms with Crippen molar-refractivity contribution in [3.05, 3.63) is 58.8 Å². The molecule has 3 heterocycles. The first kappa shape index (κ1) is 16.5. The molecule has 9 nitrogen and oxygen atoms in total. The Morgan fingerprint density at radius 2 is 2.24 bits per heavy atom. The first-order valence-electron chi connectivity index (χ1n) is 7.65. The molecular formula is C16H16N6O3. The molecule has 3 rings (SSSR count). The molecule has 0 radical (unpaired) electrons. The summed E-state index contributed by atoms with van der Waals surface area (Å²) in [5, 5.41) is 6.42. The molecule has 9 heteroatoms. The third kappa shape index (κ3) is 4.14. The van der Waals surface area contributed by atoms with Crippen molar-refractivity contribution in [2.45, 2.75) is 26.4 Å². The van der Waals surface area contributed by atoms with E-state index in [1.54, 1.807) is 13.1 Å².